The lowest BCUT2D eigenvalue weighted by Gasteiger charge is -2.38. The Kier molecular flexibility index (Phi) is 14.4. The van der Waals surface area contributed by atoms with Gasteiger partial charge in [-0.15, -0.1) is 0 Å². The number of hydrazone groups is 1. The highest BCUT2D eigenvalue weighted by molar-refractivity contribution is 6.24. The smallest absolute Gasteiger partial charge is 0.312 e. The highest BCUT2D eigenvalue weighted by Crippen LogP contribution is 2.55. The van der Waals surface area contributed by atoms with Gasteiger partial charge in [0, 0.05) is 85.3 Å². The zero-order valence-corrected chi connectivity index (χ0v) is 39.9. The second kappa shape index (κ2) is 19.9. The van der Waals surface area contributed by atoms with Crippen molar-refractivity contribution < 1.29 is 58.9 Å². The van der Waals surface area contributed by atoms with Crippen molar-refractivity contribution in [1.82, 2.24) is 5.01 Å². The molecule has 1 fully saturated rings. The third-order valence-electron chi connectivity index (χ3n) is 13.7. The first-order valence-corrected chi connectivity index (χ1v) is 22.9. The zero-order valence-electron chi connectivity index (χ0n) is 39.9. The minimum Gasteiger partial charge on any atom is -0.507 e. The first-order valence-electron chi connectivity index (χ1n) is 22.9. The summed E-state index contributed by atoms with van der Waals surface area (Å²) in [5.74, 6) is -8.48. The van der Waals surface area contributed by atoms with Crippen LogP contribution in [0.4, 0.5) is 11.4 Å². The number of rotatable bonds is 5. The molecule has 362 valence electrons. The number of carbonyl (C=O) groups excluding carboxylic acids is 3. The van der Waals surface area contributed by atoms with Crippen molar-refractivity contribution >= 4 is 56.8 Å². The highest BCUT2D eigenvalue weighted by atomic mass is 16.7. The molecule has 1 saturated heterocycles. The van der Waals surface area contributed by atoms with Crippen molar-refractivity contribution in [2.75, 3.05) is 43.5 Å². The van der Waals surface area contributed by atoms with Gasteiger partial charge in [0.2, 0.25) is 0 Å². The van der Waals surface area contributed by atoms with Crippen LogP contribution in [-0.2, 0) is 23.8 Å². The Balaban J connectivity index is 1.32. The van der Waals surface area contributed by atoms with Gasteiger partial charge in [-0.2, -0.15) is 5.10 Å². The summed E-state index contributed by atoms with van der Waals surface area (Å²) in [5, 5.41) is 70.1. The molecule has 4 aliphatic rings. The van der Waals surface area contributed by atoms with E-state index in [2.05, 4.69) is 34.5 Å². The van der Waals surface area contributed by atoms with E-state index in [9.17, 15) is 39.9 Å². The summed E-state index contributed by atoms with van der Waals surface area (Å²) >= 11 is 0. The van der Waals surface area contributed by atoms with Crippen LogP contribution in [0.5, 0.6) is 23.0 Å². The van der Waals surface area contributed by atoms with Gasteiger partial charge in [0.25, 0.3) is 11.7 Å². The molecule has 4 heterocycles. The Labute approximate surface area is 395 Å². The number of anilines is 2. The van der Waals surface area contributed by atoms with E-state index < -0.39 is 88.8 Å². The van der Waals surface area contributed by atoms with Crippen molar-refractivity contribution in [3.63, 3.8) is 0 Å². The van der Waals surface area contributed by atoms with E-state index >= 15 is 0 Å². The average Bonchev–Trinajstić information content (AvgIpc) is 3.59. The lowest BCUT2D eigenvalue weighted by molar-refractivity contribution is -0.160. The second-order valence-corrected chi connectivity index (χ2v) is 18.3. The largest absolute Gasteiger partial charge is 0.507 e. The lowest BCUT2D eigenvalue weighted by Crippen LogP contribution is -2.46. The van der Waals surface area contributed by atoms with Crippen LogP contribution < -0.4 is 15.0 Å². The molecule has 5 bridgehead atoms. The molecule has 0 radical (unpaired) electrons. The van der Waals surface area contributed by atoms with E-state index in [1.807, 2.05) is 18.2 Å². The Morgan fingerprint density at radius 2 is 1.57 bits per heavy atom. The molecule has 0 aromatic heterocycles. The number of ketones is 1. The first-order chi connectivity index (χ1) is 32.3. The van der Waals surface area contributed by atoms with Gasteiger partial charge in [0.1, 0.15) is 23.4 Å². The summed E-state index contributed by atoms with van der Waals surface area (Å²) in [7, 11) is 1.44. The topological polar surface area (TPSA) is 220 Å². The molecule has 4 aromatic carbocycles. The number of nitrogens with one attached hydrogen (secondary N) is 1. The lowest BCUT2D eigenvalue weighted by atomic mass is 9.78. The van der Waals surface area contributed by atoms with E-state index in [0.29, 0.717) is 26.2 Å². The molecule has 1 amide bonds. The Hall–Kier alpha value is -6.62. The van der Waals surface area contributed by atoms with Crippen molar-refractivity contribution in [1.29, 1.82) is 0 Å². The number of esters is 1. The SMILES string of the molecule is CO[C@H]1/C=C/O[C@@]2(C)Oc3c(C)c(O)c4c(O)c(c(/C=N/N5CCN(c6cccc7ccccc67)CC5)c(O)c4c3C2=O)NC(=O)/C(C)=C\C=C\[C@H](C)[C@H](O)[C@@H](C)[C@@H](O)[C@@H](C)[C@H](OC(C)=O)[C@@H]1C. The molecule has 0 spiro atoms. The van der Waals surface area contributed by atoms with Crippen LogP contribution in [-0.4, -0.2) is 118 Å². The van der Waals surface area contributed by atoms with Crippen LogP contribution in [0.2, 0.25) is 0 Å². The van der Waals surface area contributed by atoms with E-state index in [1.54, 1.807) is 44.9 Å². The van der Waals surface area contributed by atoms with E-state index in [0.717, 1.165) is 16.5 Å². The number of piperazine rings is 1. The number of hydrogen-bond donors (Lipinski definition) is 6. The molecule has 68 heavy (non-hydrogen) atoms. The van der Waals surface area contributed by atoms with E-state index in [4.69, 9.17) is 24.0 Å². The maximum atomic E-state index is 14.6. The molecule has 0 aliphatic carbocycles. The number of allylic oxidation sites excluding steroid dienone is 2. The Morgan fingerprint density at radius 1 is 0.882 bits per heavy atom. The number of aliphatic hydroxyl groups excluding tert-OH is 2. The Bertz CT molecular complexity index is 2720. The van der Waals surface area contributed by atoms with Crippen molar-refractivity contribution in [3.8, 4) is 23.0 Å². The summed E-state index contributed by atoms with van der Waals surface area (Å²) in [6.45, 7) is 14.8. The van der Waals surface area contributed by atoms with Crippen LogP contribution in [0.3, 0.4) is 0 Å². The molecule has 6 N–H and O–H groups in total. The minimum atomic E-state index is -2.07. The molecular formula is C52H62N4O12. The molecule has 9 atom stereocenters. The van der Waals surface area contributed by atoms with Crippen LogP contribution in [0.15, 0.2) is 83.7 Å². The number of phenolic OH excluding ortho intramolecular Hbond substituents is 3. The van der Waals surface area contributed by atoms with Gasteiger partial charge in [-0.25, -0.2) is 0 Å². The Morgan fingerprint density at radius 3 is 2.26 bits per heavy atom. The number of phenols is 3. The van der Waals surface area contributed by atoms with Gasteiger partial charge in [0.05, 0.1) is 66.1 Å². The second-order valence-electron chi connectivity index (χ2n) is 18.3. The third kappa shape index (κ3) is 9.32. The molecule has 16 nitrogen and oxygen atoms in total. The maximum absolute atomic E-state index is 14.6. The quantitative estimate of drug-likeness (QED) is 0.0511. The summed E-state index contributed by atoms with van der Waals surface area (Å²) in [6, 6.07) is 14.3. The number of aromatic hydroxyl groups is 3. The number of ether oxygens (including phenoxy) is 4. The number of Topliss-reactive ketones (excluding diaryl/α,β-unsaturated/α-hetero) is 1. The normalized spacial score (nSPS) is 29.1. The zero-order chi connectivity index (χ0) is 49.4. The molecule has 8 rings (SSSR count). The number of amides is 1. The third-order valence-corrected chi connectivity index (χ3v) is 13.7. The van der Waals surface area contributed by atoms with Gasteiger partial charge in [0.15, 0.2) is 5.75 Å². The average molecular weight is 935 g/mol. The number of benzene rings is 4. The van der Waals surface area contributed by atoms with Gasteiger partial charge >= 0.3 is 11.8 Å². The standard InChI is InChI=1S/C52H62N4O12/c1-27-14-12-15-28(2)51(64)54-42-36(26-53-56-23-21-55(22-24-56)37-19-13-17-34-16-10-11-18-35(34)37)46(61)39-40(47(42)62)45(60)32(6)49-41(39)50(63)52(8,68-49)66-25-20-38(65-9)29(3)48(67-33(7)57)31(5)44(59)30(4)43(27)58/h10-20,25-27,29-31,38,43-44,48,58-62H,21-24H2,1-9H3,(H,54,64)/b14-12+,25-20+,28-15-,53-26+/t27-,29+,30+,31+,38-,43-,44+,48+,52-/m0/s1. The summed E-state index contributed by atoms with van der Waals surface area (Å²) in [4.78, 5) is 43.3. The summed E-state index contributed by atoms with van der Waals surface area (Å²) in [6.07, 6.45) is 4.85. The van der Waals surface area contributed by atoms with Crippen LogP contribution in [0.1, 0.15) is 70.0 Å². The molecule has 0 saturated carbocycles. The number of nitrogens with zero attached hydrogens (tertiary/aromatic N) is 3. The fourth-order valence-corrected chi connectivity index (χ4v) is 9.55. The summed E-state index contributed by atoms with van der Waals surface area (Å²) < 4.78 is 23.8. The fourth-order valence-electron chi connectivity index (χ4n) is 9.55. The number of hydrogen-bond acceptors (Lipinski definition) is 15. The van der Waals surface area contributed by atoms with Crippen molar-refractivity contribution in [2.24, 2.45) is 28.8 Å². The molecule has 16 heteroatoms. The van der Waals surface area contributed by atoms with Gasteiger partial charge in [-0.3, -0.25) is 19.4 Å². The number of carbonyl (C=O) groups is 3. The van der Waals surface area contributed by atoms with Crippen LogP contribution >= 0.6 is 0 Å². The molecule has 4 aliphatic heterocycles. The highest BCUT2D eigenvalue weighted by Gasteiger charge is 2.50. The first kappa shape index (κ1) is 49.3. The van der Waals surface area contributed by atoms with Gasteiger partial charge in [-0.05, 0) is 31.4 Å². The predicted molar refractivity (Wildman–Crippen MR) is 259 cm³/mol. The minimum absolute atomic E-state index is 0.0482. The van der Waals surface area contributed by atoms with Crippen molar-refractivity contribution in [2.45, 2.75) is 85.6 Å². The molecular weight excluding hydrogens is 873 g/mol. The summed E-state index contributed by atoms with van der Waals surface area (Å²) in [5.41, 5.74) is 0.689. The monoisotopic (exact) mass is 934 g/mol. The fraction of sp³-hybridized carbons (Fsp3) is 0.423. The number of fused-ring (bicyclic) bond motifs is 15. The number of aliphatic hydroxyl groups is 2. The van der Waals surface area contributed by atoms with Gasteiger partial charge < -0.3 is 54.7 Å². The van der Waals surface area contributed by atoms with E-state index in [1.165, 1.54) is 59.4 Å². The number of methoxy groups -OCH3 is 1. The van der Waals surface area contributed by atoms with Gasteiger partial charge in [-0.1, -0.05) is 82.3 Å². The van der Waals surface area contributed by atoms with Crippen LogP contribution in [0.25, 0.3) is 21.5 Å². The van der Waals surface area contributed by atoms with Crippen LogP contribution in [0, 0.1) is 30.6 Å². The predicted octanol–water partition coefficient (Wildman–Crippen LogP) is 7.06. The molecule has 0 unspecified atom stereocenters. The van der Waals surface area contributed by atoms with Crippen molar-refractivity contribution in [3.05, 3.63) is 95.3 Å². The van der Waals surface area contributed by atoms with E-state index in [-0.39, 0.29) is 44.5 Å². The molecule has 4 aromatic rings. The maximum Gasteiger partial charge on any atom is 0.312 e.